The lowest BCUT2D eigenvalue weighted by atomic mass is 9.93. The van der Waals surface area contributed by atoms with Gasteiger partial charge in [-0.05, 0) is 24.7 Å². The molecule has 0 radical (unpaired) electrons. The molecule has 1 saturated heterocycles. The van der Waals surface area contributed by atoms with Gasteiger partial charge in [0.25, 0.3) is 0 Å². The first-order valence-electron chi connectivity index (χ1n) is 6.14. The third-order valence-electron chi connectivity index (χ3n) is 3.20. The molecule has 100 valence electrons. The van der Waals surface area contributed by atoms with Crippen molar-refractivity contribution < 1.29 is 4.74 Å². The van der Waals surface area contributed by atoms with Crippen molar-refractivity contribution in [1.29, 1.82) is 0 Å². The Balaban J connectivity index is 2.22. The summed E-state index contributed by atoms with van der Waals surface area (Å²) in [5.74, 6) is 0.287. The Labute approximate surface area is 118 Å². The van der Waals surface area contributed by atoms with Gasteiger partial charge in [0.2, 0.25) is 0 Å². The Morgan fingerprint density at radius 1 is 1.39 bits per heavy atom. The van der Waals surface area contributed by atoms with Crippen LogP contribution in [0.3, 0.4) is 0 Å². The van der Waals surface area contributed by atoms with Crippen LogP contribution in [-0.2, 0) is 4.74 Å². The molecule has 1 aromatic rings. The van der Waals surface area contributed by atoms with E-state index in [4.69, 9.17) is 27.9 Å². The van der Waals surface area contributed by atoms with Crippen molar-refractivity contribution in [1.82, 2.24) is 10.6 Å². The number of nitrogens with one attached hydrogen (secondary N) is 2. The number of halogens is 2. The van der Waals surface area contributed by atoms with Crippen LogP contribution >= 0.6 is 23.2 Å². The van der Waals surface area contributed by atoms with Crippen LogP contribution < -0.4 is 10.6 Å². The Morgan fingerprint density at radius 3 is 2.94 bits per heavy atom. The van der Waals surface area contributed by atoms with E-state index in [1.165, 1.54) is 5.56 Å². The lowest BCUT2D eigenvalue weighted by molar-refractivity contribution is 0.0536. The summed E-state index contributed by atoms with van der Waals surface area (Å²) in [4.78, 5) is 0. The molecule has 1 aromatic carbocycles. The van der Waals surface area contributed by atoms with Crippen LogP contribution in [0.5, 0.6) is 0 Å². The molecule has 1 aliphatic rings. The first kappa shape index (κ1) is 14.1. The summed E-state index contributed by atoms with van der Waals surface area (Å²) >= 11 is 12.0. The quantitative estimate of drug-likeness (QED) is 0.895. The predicted molar refractivity (Wildman–Crippen MR) is 75.7 cm³/mol. The summed E-state index contributed by atoms with van der Waals surface area (Å²) in [5, 5.41) is 7.76. The van der Waals surface area contributed by atoms with Crippen LogP contribution in [0.25, 0.3) is 0 Å². The van der Waals surface area contributed by atoms with E-state index in [2.05, 4.69) is 10.6 Å². The van der Waals surface area contributed by atoms with Gasteiger partial charge in [-0.15, -0.1) is 0 Å². The molecule has 0 bridgehead atoms. The van der Waals surface area contributed by atoms with E-state index in [-0.39, 0.29) is 12.0 Å². The van der Waals surface area contributed by atoms with Crippen LogP contribution in [0.2, 0.25) is 10.0 Å². The molecule has 0 spiro atoms. The molecule has 0 aliphatic carbocycles. The van der Waals surface area contributed by atoms with E-state index in [0.717, 1.165) is 26.2 Å². The normalized spacial score (nSPS) is 24.8. The zero-order chi connectivity index (χ0) is 13.0. The van der Waals surface area contributed by atoms with Crippen molar-refractivity contribution in [2.24, 2.45) is 0 Å². The van der Waals surface area contributed by atoms with Gasteiger partial charge in [-0.3, -0.25) is 0 Å². The number of ether oxygens (including phenoxy) is 1. The Morgan fingerprint density at radius 2 is 2.22 bits per heavy atom. The van der Waals surface area contributed by atoms with Gasteiger partial charge in [0.05, 0.1) is 22.8 Å². The highest BCUT2D eigenvalue weighted by molar-refractivity contribution is 6.42. The molecule has 5 heteroatoms. The minimum absolute atomic E-state index is 0.155. The van der Waals surface area contributed by atoms with Gasteiger partial charge in [-0.1, -0.05) is 29.3 Å². The molecule has 3 nitrogen and oxygen atoms in total. The second-order valence-electron chi connectivity index (χ2n) is 4.45. The summed E-state index contributed by atoms with van der Waals surface area (Å²) in [5.41, 5.74) is 1.17. The number of rotatable bonds is 3. The van der Waals surface area contributed by atoms with E-state index < -0.39 is 0 Å². The molecule has 1 fully saturated rings. The molecule has 2 rings (SSSR count). The maximum absolute atomic E-state index is 6.09. The summed E-state index contributed by atoms with van der Waals surface area (Å²) in [6.45, 7) is 3.35. The smallest absolute Gasteiger partial charge is 0.0780 e. The zero-order valence-corrected chi connectivity index (χ0v) is 11.9. The second-order valence-corrected chi connectivity index (χ2v) is 5.27. The van der Waals surface area contributed by atoms with E-state index in [9.17, 15) is 0 Å². The van der Waals surface area contributed by atoms with Gasteiger partial charge in [0.1, 0.15) is 0 Å². The Bertz CT molecular complexity index is 401. The fourth-order valence-electron chi connectivity index (χ4n) is 2.27. The van der Waals surface area contributed by atoms with Gasteiger partial charge in [-0.2, -0.15) is 0 Å². The number of benzene rings is 1. The van der Waals surface area contributed by atoms with Crippen molar-refractivity contribution in [3.63, 3.8) is 0 Å². The fourth-order valence-corrected chi connectivity index (χ4v) is 2.57. The highest BCUT2D eigenvalue weighted by Gasteiger charge is 2.25. The Hall–Kier alpha value is -0.320. The van der Waals surface area contributed by atoms with E-state index in [1.54, 1.807) is 0 Å². The minimum atomic E-state index is 0.155. The third kappa shape index (κ3) is 3.37. The maximum Gasteiger partial charge on any atom is 0.0780 e. The van der Waals surface area contributed by atoms with Gasteiger partial charge in [0, 0.05) is 25.6 Å². The van der Waals surface area contributed by atoms with Crippen molar-refractivity contribution >= 4 is 23.2 Å². The number of likely N-dealkylation sites (N-methyl/N-ethyl adjacent to an activating group) is 1. The lowest BCUT2D eigenvalue weighted by Gasteiger charge is -2.25. The van der Waals surface area contributed by atoms with Gasteiger partial charge < -0.3 is 15.4 Å². The second kappa shape index (κ2) is 6.73. The molecule has 18 heavy (non-hydrogen) atoms. The van der Waals surface area contributed by atoms with Crippen LogP contribution in [0, 0.1) is 0 Å². The molecular formula is C13H18Cl2N2O. The molecule has 2 unspecified atom stereocenters. The molecular weight excluding hydrogens is 271 g/mol. The third-order valence-corrected chi connectivity index (χ3v) is 3.94. The van der Waals surface area contributed by atoms with Crippen molar-refractivity contribution in [3.8, 4) is 0 Å². The van der Waals surface area contributed by atoms with E-state index >= 15 is 0 Å². The SMILES string of the molecule is CNCC1OCCNCC1c1ccc(Cl)c(Cl)c1. The monoisotopic (exact) mass is 288 g/mol. The lowest BCUT2D eigenvalue weighted by Crippen LogP contribution is -2.34. The highest BCUT2D eigenvalue weighted by Crippen LogP contribution is 2.29. The van der Waals surface area contributed by atoms with Crippen molar-refractivity contribution in [3.05, 3.63) is 33.8 Å². The summed E-state index contributed by atoms with van der Waals surface area (Å²) < 4.78 is 5.88. The average molecular weight is 289 g/mol. The van der Waals surface area contributed by atoms with Crippen LogP contribution in [0.15, 0.2) is 18.2 Å². The van der Waals surface area contributed by atoms with E-state index in [0.29, 0.717) is 10.0 Å². The maximum atomic E-state index is 6.09. The van der Waals surface area contributed by atoms with Crippen LogP contribution in [-0.4, -0.2) is 39.4 Å². The predicted octanol–water partition coefficient (Wildman–Crippen LogP) is 2.28. The molecule has 0 aromatic heterocycles. The van der Waals surface area contributed by atoms with Gasteiger partial charge in [-0.25, -0.2) is 0 Å². The van der Waals surface area contributed by atoms with Crippen LogP contribution in [0.1, 0.15) is 11.5 Å². The summed E-state index contributed by atoms with van der Waals surface area (Å²) in [7, 11) is 1.94. The topological polar surface area (TPSA) is 33.3 Å². The molecule has 2 atom stereocenters. The largest absolute Gasteiger partial charge is 0.375 e. The molecule has 0 amide bonds. The number of hydrogen-bond acceptors (Lipinski definition) is 3. The van der Waals surface area contributed by atoms with Crippen molar-refractivity contribution in [2.45, 2.75) is 12.0 Å². The average Bonchev–Trinajstić information content (AvgIpc) is 2.59. The van der Waals surface area contributed by atoms with Crippen LogP contribution in [0.4, 0.5) is 0 Å². The first-order valence-corrected chi connectivity index (χ1v) is 6.90. The summed E-state index contributed by atoms with van der Waals surface area (Å²) in [6, 6.07) is 5.81. The van der Waals surface area contributed by atoms with Gasteiger partial charge >= 0.3 is 0 Å². The molecule has 1 heterocycles. The first-order chi connectivity index (χ1) is 8.72. The Kier molecular flexibility index (Phi) is 5.27. The highest BCUT2D eigenvalue weighted by atomic mass is 35.5. The standard InChI is InChI=1S/C13H18Cl2N2O/c1-16-8-13-10(7-17-4-5-18-13)9-2-3-11(14)12(15)6-9/h2-3,6,10,13,16-17H,4-5,7-8H2,1H3. The fraction of sp³-hybridized carbons (Fsp3) is 0.538. The van der Waals surface area contributed by atoms with E-state index in [1.807, 2.05) is 25.2 Å². The molecule has 1 aliphatic heterocycles. The zero-order valence-electron chi connectivity index (χ0n) is 10.4. The number of hydrogen-bond donors (Lipinski definition) is 2. The van der Waals surface area contributed by atoms with Crippen molar-refractivity contribution in [2.75, 3.05) is 33.3 Å². The van der Waals surface area contributed by atoms with Gasteiger partial charge in [0.15, 0.2) is 0 Å². The molecule has 0 saturated carbocycles. The summed E-state index contributed by atoms with van der Waals surface area (Å²) in [6.07, 6.45) is 0.155. The molecule has 2 N–H and O–H groups in total. The minimum Gasteiger partial charge on any atom is -0.375 e.